The van der Waals surface area contributed by atoms with E-state index in [1.807, 2.05) is 37.3 Å². The Morgan fingerprint density at radius 1 is 1.00 bits per heavy atom. The van der Waals surface area contributed by atoms with Crippen LogP contribution < -0.4 is 15.0 Å². The number of unbranched alkanes of at least 4 members (excludes halogenated alkanes) is 2. The average molecular weight is 505 g/mol. The lowest BCUT2D eigenvalue weighted by molar-refractivity contribution is 0.0747. The monoisotopic (exact) mass is 503 g/mol. The SMILES string of the molecule is C=C(NOCCCCCOc1c(C)cc(OCC=C(Cl)Cl)cc1Cl)c1ccc(Cl)cc1. The number of hydrogen-bond donors (Lipinski definition) is 1. The molecule has 0 fully saturated rings. The molecule has 2 aromatic carbocycles. The van der Waals surface area contributed by atoms with E-state index in [2.05, 4.69) is 12.1 Å². The topological polar surface area (TPSA) is 39.7 Å². The van der Waals surface area contributed by atoms with Crippen molar-refractivity contribution >= 4 is 52.1 Å². The highest BCUT2D eigenvalue weighted by Gasteiger charge is 2.09. The average Bonchev–Trinajstić information content (AvgIpc) is 2.71. The number of hydrogen-bond acceptors (Lipinski definition) is 4. The van der Waals surface area contributed by atoms with E-state index < -0.39 is 0 Å². The molecule has 31 heavy (non-hydrogen) atoms. The molecule has 168 valence electrons. The summed E-state index contributed by atoms with van der Waals surface area (Å²) in [7, 11) is 0. The molecule has 0 aliphatic carbocycles. The molecule has 2 aromatic rings. The highest BCUT2D eigenvalue weighted by atomic mass is 35.5. The van der Waals surface area contributed by atoms with Gasteiger partial charge in [-0.15, -0.1) is 0 Å². The van der Waals surface area contributed by atoms with Crippen LogP contribution in [0.4, 0.5) is 0 Å². The Hall–Kier alpha value is -1.56. The van der Waals surface area contributed by atoms with E-state index in [4.69, 9.17) is 60.7 Å². The van der Waals surface area contributed by atoms with Crippen LogP contribution in [0.5, 0.6) is 11.5 Å². The second-order valence-corrected chi connectivity index (χ2v) is 8.55. The van der Waals surface area contributed by atoms with Crippen molar-refractivity contribution in [1.82, 2.24) is 5.48 Å². The van der Waals surface area contributed by atoms with Gasteiger partial charge in [0.25, 0.3) is 0 Å². The first kappa shape index (κ1) is 25.7. The molecule has 0 aliphatic heterocycles. The molecule has 0 amide bonds. The van der Waals surface area contributed by atoms with Crippen LogP contribution in [0.1, 0.15) is 30.4 Å². The lowest BCUT2D eigenvalue weighted by Crippen LogP contribution is -2.13. The van der Waals surface area contributed by atoms with Crippen LogP contribution in [0.2, 0.25) is 10.0 Å². The molecule has 0 saturated heterocycles. The third-order valence-electron chi connectivity index (χ3n) is 4.22. The number of ether oxygens (including phenoxy) is 2. The van der Waals surface area contributed by atoms with Gasteiger partial charge >= 0.3 is 0 Å². The fourth-order valence-corrected chi connectivity index (χ4v) is 3.20. The zero-order valence-electron chi connectivity index (χ0n) is 17.2. The first-order chi connectivity index (χ1) is 14.9. The summed E-state index contributed by atoms with van der Waals surface area (Å²) in [6.45, 7) is 7.27. The number of nitrogens with one attached hydrogen (secondary N) is 1. The quantitative estimate of drug-likeness (QED) is 0.223. The number of aryl methyl sites for hydroxylation is 1. The number of benzene rings is 2. The molecular weight excluding hydrogens is 480 g/mol. The van der Waals surface area contributed by atoms with Gasteiger partial charge in [0.15, 0.2) is 0 Å². The summed E-state index contributed by atoms with van der Waals surface area (Å²) < 4.78 is 11.6. The van der Waals surface area contributed by atoms with Crippen LogP contribution in [0.15, 0.2) is 53.5 Å². The van der Waals surface area contributed by atoms with Gasteiger partial charge in [0.05, 0.1) is 23.9 Å². The second kappa shape index (κ2) is 13.8. The van der Waals surface area contributed by atoms with E-state index in [9.17, 15) is 0 Å². The Morgan fingerprint density at radius 2 is 1.71 bits per heavy atom. The molecule has 1 N–H and O–H groups in total. The van der Waals surface area contributed by atoms with Gasteiger partial charge in [0.2, 0.25) is 0 Å². The van der Waals surface area contributed by atoms with E-state index in [-0.39, 0.29) is 11.1 Å². The maximum Gasteiger partial charge on any atom is 0.141 e. The van der Waals surface area contributed by atoms with Crippen molar-refractivity contribution in [3.8, 4) is 11.5 Å². The van der Waals surface area contributed by atoms with Gasteiger partial charge in [-0.1, -0.05) is 65.1 Å². The normalized spacial score (nSPS) is 10.5. The second-order valence-electron chi connectivity index (χ2n) is 6.70. The molecule has 0 bridgehead atoms. The fourth-order valence-electron chi connectivity index (χ4n) is 2.64. The van der Waals surface area contributed by atoms with Gasteiger partial charge < -0.3 is 9.47 Å². The van der Waals surface area contributed by atoms with E-state index in [0.717, 1.165) is 30.4 Å². The van der Waals surface area contributed by atoms with Gasteiger partial charge in [0.1, 0.15) is 22.6 Å². The standard InChI is InChI=1S/C23H25Cl4NO3/c1-16-14-20(29-13-10-22(26)27)15-21(25)23(16)30-11-4-3-5-12-31-28-17(2)18-6-8-19(24)9-7-18/h6-10,14-15,28H,2-5,11-13H2,1H3. The Morgan fingerprint density at radius 3 is 2.39 bits per heavy atom. The predicted molar refractivity (Wildman–Crippen MR) is 130 cm³/mol. The van der Waals surface area contributed by atoms with Crippen LogP contribution in [0.3, 0.4) is 0 Å². The maximum atomic E-state index is 6.33. The van der Waals surface area contributed by atoms with Crippen molar-refractivity contribution in [3.63, 3.8) is 0 Å². The minimum atomic E-state index is 0.162. The first-order valence-corrected chi connectivity index (χ1v) is 11.3. The molecule has 0 spiro atoms. The third-order valence-corrected chi connectivity index (χ3v) is 5.06. The van der Waals surface area contributed by atoms with Gasteiger partial charge in [-0.25, -0.2) is 0 Å². The van der Waals surface area contributed by atoms with Gasteiger partial charge in [-0.2, -0.15) is 0 Å². The lowest BCUT2D eigenvalue weighted by atomic mass is 10.2. The van der Waals surface area contributed by atoms with Gasteiger partial charge in [-0.05, 0) is 61.6 Å². The Kier molecular flexibility index (Phi) is 11.4. The predicted octanol–water partition coefficient (Wildman–Crippen LogP) is 7.74. The van der Waals surface area contributed by atoms with Crippen molar-refractivity contribution in [3.05, 3.63) is 74.7 Å². The van der Waals surface area contributed by atoms with Crippen LogP contribution in [-0.2, 0) is 4.84 Å². The zero-order chi connectivity index (χ0) is 22.6. The minimum absolute atomic E-state index is 0.162. The molecular formula is C23H25Cl4NO3. The highest BCUT2D eigenvalue weighted by Crippen LogP contribution is 2.33. The summed E-state index contributed by atoms with van der Waals surface area (Å²) in [5.41, 5.74) is 5.38. The molecule has 0 saturated carbocycles. The summed E-state index contributed by atoms with van der Waals surface area (Å²) in [4.78, 5) is 5.46. The van der Waals surface area contributed by atoms with Crippen molar-refractivity contribution in [2.45, 2.75) is 26.2 Å². The Labute approximate surface area is 203 Å². The van der Waals surface area contributed by atoms with Crippen molar-refractivity contribution < 1.29 is 14.3 Å². The molecule has 0 radical (unpaired) electrons. The third kappa shape index (κ3) is 9.63. The van der Waals surface area contributed by atoms with Crippen LogP contribution in [0, 0.1) is 6.92 Å². The Balaban J connectivity index is 1.62. The molecule has 0 aromatic heterocycles. The van der Waals surface area contributed by atoms with Gasteiger partial charge in [-0.3, -0.25) is 10.3 Å². The van der Waals surface area contributed by atoms with E-state index >= 15 is 0 Å². The molecule has 2 rings (SSSR count). The fraction of sp³-hybridized carbons (Fsp3) is 0.304. The van der Waals surface area contributed by atoms with Crippen LogP contribution in [0.25, 0.3) is 5.70 Å². The van der Waals surface area contributed by atoms with E-state index in [1.54, 1.807) is 12.1 Å². The van der Waals surface area contributed by atoms with E-state index in [0.29, 0.717) is 40.5 Å². The van der Waals surface area contributed by atoms with Crippen molar-refractivity contribution in [1.29, 1.82) is 0 Å². The van der Waals surface area contributed by atoms with Crippen molar-refractivity contribution in [2.24, 2.45) is 0 Å². The maximum absolute atomic E-state index is 6.33. The smallest absolute Gasteiger partial charge is 0.141 e. The minimum Gasteiger partial charge on any atom is -0.492 e. The highest BCUT2D eigenvalue weighted by molar-refractivity contribution is 6.55. The lowest BCUT2D eigenvalue weighted by Gasteiger charge is -2.13. The molecule has 0 unspecified atom stereocenters. The van der Waals surface area contributed by atoms with Crippen LogP contribution >= 0.6 is 46.4 Å². The van der Waals surface area contributed by atoms with Crippen molar-refractivity contribution in [2.75, 3.05) is 19.8 Å². The number of halogens is 4. The number of hydroxylamine groups is 1. The summed E-state index contributed by atoms with van der Waals surface area (Å²) in [6.07, 6.45) is 4.29. The van der Waals surface area contributed by atoms with Crippen LogP contribution in [-0.4, -0.2) is 19.8 Å². The largest absolute Gasteiger partial charge is 0.492 e. The molecule has 0 aliphatic rings. The molecule has 8 heteroatoms. The summed E-state index contributed by atoms with van der Waals surface area (Å²) in [5, 5.41) is 1.19. The van der Waals surface area contributed by atoms with E-state index in [1.165, 1.54) is 0 Å². The molecule has 4 nitrogen and oxygen atoms in total. The molecule has 0 atom stereocenters. The number of rotatable bonds is 13. The Bertz CT molecular complexity index is 858. The first-order valence-electron chi connectivity index (χ1n) is 9.76. The summed E-state index contributed by atoms with van der Waals surface area (Å²) in [6, 6.07) is 11.0. The van der Waals surface area contributed by atoms with Gasteiger partial charge in [0, 0.05) is 11.1 Å². The summed E-state index contributed by atoms with van der Waals surface area (Å²) >= 11 is 23.3. The molecule has 0 heterocycles. The zero-order valence-corrected chi connectivity index (χ0v) is 20.3. The summed E-state index contributed by atoms with van der Waals surface area (Å²) in [5.74, 6) is 1.29.